The maximum Gasteiger partial charge on any atom is 0.265 e. The van der Waals surface area contributed by atoms with Crippen molar-refractivity contribution in [1.29, 1.82) is 0 Å². The number of benzene rings is 1. The van der Waals surface area contributed by atoms with Crippen molar-refractivity contribution < 1.29 is 17.9 Å². The summed E-state index contributed by atoms with van der Waals surface area (Å²) in [6.45, 7) is 1.20. The number of sulfonamides is 1. The van der Waals surface area contributed by atoms with Crippen LogP contribution in [0.3, 0.4) is 0 Å². The maximum absolute atomic E-state index is 12.4. The number of rotatable bonds is 4. The molecule has 0 aliphatic carbocycles. The standard InChI is InChI=1S/C13H12N2O4S2/c1-8-13(5-10(6-16)19-8)21(17,18)15-9-2-3-11-12(4-9)20-7-14-11/h2-5,7,15-16H,6H2,1H3. The molecule has 0 fully saturated rings. The van der Waals surface area contributed by atoms with Crippen molar-refractivity contribution in [2.24, 2.45) is 0 Å². The lowest BCUT2D eigenvalue weighted by Gasteiger charge is -2.06. The normalized spacial score (nSPS) is 11.9. The summed E-state index contributed by atoms with van der Waals surface area (Å²) in [6.07, 6.45) is 0. The number of aliphatic hydroxyl groups excluding tert-OH is 1. The second-order valence-electron chi connectivity index (χ2n) is 4.43. The number of furan rings is 1. The van der Waals surface area contributed by atoms with Gasteiger partial charge in [-0.05, 0) is 25.1 Å². The molecule has 3 rings (SSSR count). The third-order valence-electron chi connectivity index (χ3n) is 2.95. The quantitative estimate of drug-likeness (QED) is 0.769. The van der Waals surface area contributed by atoms with Crippen LogP contribution in [0, 0.1) is 6.92 Å². The van der Waals surface area contributed by atoms with E-state index >= 15 is 0 Å². The molecule has 0 unspecified atom stereocenters. The van der Waals surface area contributed by atoms with Gasteiger partial charge in [0, 0.05) is 6.07 Å². The minimum Gasteiger partial charge on any atom is -0.462 e. The number of thiazole rings is 1. The van der Waals surface area contributed by atoms with Gasteiger partial charge in [0.05, 0.1) is 21.4 Å². The molecule has 0 radical (unpaired) electrons. The lowest BCUT2D eigenvalue weighted by molar-refractivity contribution is 0.245. The highest BCUT2D eigenvalue weighted by Crippen LogP contribution is 2.26. The molecule has 0 aliphatic rings. The number of hydrogen-bond acceptors (Lipinski definition) is 6. The third-order valence-corrected chi connectivity index (χ3v) is 5.23. The summed E-state index contributed by atoms with van der Waals surface area (Å²) >= 11 is 1.44. The van der Waals surface area contributed by atoms with E-state index < -0.39 is 10.0 Å². The van der Waals surface area contributed by atoms with Crippen molar-refractivity contribution in [1.82, 2.24) is 4.98 Å². The number of aromatic nitrogens is 1. The molecule has 0 saturated carbocycles. The summed E-state index contributed by atoms with van der Waals surface area (Å²) in [5, 5.41) is 9.01. The van der Waals surface area contributed by atoms with Crippen molar-refractivity contribution in [2.45, 2.75) is 18.4 Å². The van der Waals surface area contributed by atoms with Crippen LogP contribution < -0.4 is 4.72 Å². The molecule has 2 N–H and O–H groups in total. The van der Waals surface area contributed by atoms with Crippen LogP contribution in [0.2, 0.25) is 0 Å². The second-order valence-corrected chi connectivity index (χ2v) is 6.97. The molecule has 0 spiro atoms. The summed E-state index contributed by atoms with van der Waals surface area (Å²) in [5.41, 5.74) is 2.99. The van der Waals surface area contributed by atoms with E-state index in [1.54, 1.807) is 30.6 Å². The Bertz CT molecular complexity index is 896. The van der Waals surface area contributed by atoms with Crippen molar-refractivity contribution in [3.8, 4) is 0 Å². The van der Waals surface area contributed by atoms with Gasteiger partial charge >= 0.3 is 0 Å². The summed E-state index contributed by atoms with van der Waals surface area (Å²) in [7, 11) is -3.76. The van der Waals surface area contributed by atoms with Gasteiger partial charge in [0.1, 0.15) is 23.0 Å². The van der Waals surface area contributed by atoms with Gasteiger partial charge in [-0.2, -0.15) is 0 Å². The predicted octanol–water partition coefficient (Wildman–Crippen LogP) is 2.49. The fourth-order valence-corrected chi connectivity index (χ4v) is 3.97. The van der Waals surface area contributed by atoms with Gasteiger partial charge in [0.15, 0.2) is 0 Å². The molecular formula is C13H12N2O4S2. The van der Waals surface area contributed by atoms with Crippen LogP contribution >= 0.6 is 11.3 Å². The van der Waals surface area contributed by atoms with Crippen molar-refractivity contribution in [3.63, 3.8) is 0 Å². The van der Waals surface area contributed by atoms with Crippen LogP contribution in [0.15, 0.2) is 39.1 Å². The topological polar surface area (TPSA) is 92.4 Å². The van der Waals surface area contributed by atoms with Crippen LogP contribution in [0.25, 0.3) is 10.2 Å². The molecule has 6 nitrogen and oxygen atoms in total. The van der Waals surface area contributed by atoms with Crippen molar-refractivity contribution in [3.05, 3.63) is 41.3 Å². The molecule has 0 bridgehead atoms. The highest BCUT2D eigenvalue weighted by atomic mass is 32.2. The molecule has 0 saturated heterocycles. The number of nitrogens with one attached hydrogen (secondary N) is 1. The van der Waals surface area contributed by atoms with Gasteiger partial charge in [0.25, 0.3) is 10.0 Å². The summed E-state index contributed by atoms with van der Waals surface area (Å²) in [5.74, 6) is 0.455. The zero-order valence-corrected chi connectivity index (χ0v) is 12.7. The Morgan fingerprint density at radius 3 is 2.90 bits per heavy atom. The lowest BCUT2D eigenvalue weighted by atomic mass is 10.3. The Morgan fingerprint density at radius 2 is 2.19 bits per heavy atom. The van der Waals surface area contributed by atoms with Crippen LogP contribution in [-0.2, 0) is 16.6 Å². The molecule has 1 aromatic carbocycles. The van der Waals surface area contributed by atoms with Gasteiger partial charge < -0.3 is 9.52 Å². The molecule has 3 aromatic rings. The average molecular weight is 324 g/mol. The first-order chi connectivity index (χ1) is 9.99. The molecule has 8 heteroatoms. The van der Waals surface area contributed by atoms with E-state index in [0.717, 1.165) is 10.2 Å². The third kappa shape index (κ3) is 2.65. The van der Waals surface area contributed by atoms with E-state index in [1.807, 2.05) is 0 Å². The largest absolute Gasteiger partial charge is 0.462 e. The first kappa shape index (κ1) is 14.1. The van der Waals surface area contributed by atoms with E-state index in [2.05, 4.69) is 9.71 Å². The highest BCUT2D eigenvalue weighted by Gasteiger charge is 2.21. The minimum atomic E-state index is -3.76. The second kappa shape index (κ2) is 5.14. The van der Waals surface area contributed by atoms with E-state index in [4.69, 9.17) is 9.52 Å². The number of hydrogen-bond donors (Lipinski definition) is 2. The van der Waals surface area contributed by atoms with Gasteiger partial charge in [-0.15, -0.1) is 11.3 Å². The first-order valence-corrected chi connectivity index (χ1v) is 8.42. The van der Waals surface area contributed by atoms with E-state index in [0.29, 0.717) is 5.69 Å². The SMILES string of the molecule is Cc1oc(CO)cc1S(=O)(=O)Nc1ccc2ncsc2c1. The van der Waals surface area contributed by atoms with Gasteiger partial charge in [-0.3, -0.25) is 4.72 Å². The molecule has 21 heavy (non-hydrogen) atoms. The maximum atomic E-state index is 12.4. The Morgan fingerprint density at radius 1 is 1.38 bits per heavy atom. The molecular weight excluding hydrogens is 312 g/mol. The Kier molecular flexibility index (Phi) is 3.44. The molecule has 2 aromatic heterocycles. The number of fused-ring (bicyclic) bond motifs is 1. The van der Waals surface area contributed by atoms with Crippen LogP contribution in [-0.4, -0.2) is 18.5 Å². The summed E-state index contributed by atoms with van der Waals surface area (Å²) in [4.78, 5) is 4.17. The Hall–Kier alpha value is -1.90. The number of anilines is 1. The van der Waals surface area contributed by atoms with Gasteiger partial charge in [-0.25, -0.2) is 13.4 Å². The zero-order chi connectivity index (χ0) is 15.0. The van der Waals surface area contributed by atoms with E-state index in [-0.39, 0.29) is 23.0 Å². The number of aliphatic hydroxyl groups is 1. The summed E-state index contributed by atoms with van der Waals surface area (Å²) in [6, 6.07) is 6.46. The predicted molar refractivity (Wildman–Crippen MR) is 79.8 cm³/mol. The van der Waals surface area contributed by atoms with Crippen LogP contribution in [0.1, 0.15) is 11.5 Å². The highest BCUT2D eigenvalue weighted by molar-refractivity contribution is 7.92. The van der Waals surface area contributed by atoms with Crippen LogP contribution in [0.5, 0.6) is 0 Å². The molecule has 0 aliphatic heterocycles. The zero-order valence-electron chi connectivity index (χ0n) is 11.0. The van der Waals surface area contributed by atoms with Gasteiger partial charge in [0.2, 0.25) is 0 Å². The fourth-order valence-electron chi connectivity index (χ4n) is 2.00. The number of nitrogens with zero attached hydrogens (tertiary/aromatic N) is 1. The van der Waals surface area contributed by atoms with Crippen molar-refractivity contribution in [2.75, 3.05) is 4.72 Å². The number of aryl methyl sites for hydroxylation is 1. The van der Waals surface area contributed by atoms with E-state index in [1.165, 1.54) is 17.4 Å². The van der Waals surface area contributed by atoms with Crippen LogP contribution in [0.4, 0.5) is 5.69 Å². The molecule has 110 valence electrons. The summed E-state index contributed by atoms with van der Waals surface area (Å²) < 4.78 is 33.3. The average Bonchev–Trinajstić information content (AvgIpc) is 3.04. The minimum absolute atomic E-state index is 0.0240. The van der Waals surface area contributed by atoms with E-state index in [9.17, 15) is 8.42 Å². The smallest absolute Gasteiger partial charge is 0.265 e. The fraction of sp³-hybridized carbons (Fsp3) is 0.154. The first-order valence-electron chi connectivity index (χ1n) is 6.06. The van der Waals surface area contributed by atoms with Crippen molar-refractivity contribution >= 4 is 37.3 Å². The molecule has 0 atom stereocenters. The lowest BCUT2D eigenvalue weighted by Crippen LogP contribution is -2.13. The molecule has 0 amide bonds. The Balaban J connectivity index is 1.96. The molecule has 2 heterocycles. The monoisotopic (exact) mass is 324 g/mol. The van der Waals surface area contributed by atoms with Gasteiger partial charge in [-0.1, -0.05) is 0 Å². The Labute approximate surface area is 125 Å².